The van der Waals surface area contributed by atoms with Crippen LogP contribution in [-0.2, 0) is 32.1 Å². The first-order chi connectivity index (χ1) is 23.5. The van der Waals surface area contributed by atoms with Crippen molar-refractivity contribution in [2.45, 2.75) is 57.7 Å². The van der Waals surface area contributed by atoms with Crippen molar-refractivity contribution >= 4 is 44.4 Å². The lowest BCUT2D eigenvalue weighted by Gasteiger charge is -2.38. The van der Waals surface area contributed by atoms with E-state index < -0.39 is 39.4 Å². The summed E-state index contributed by atoms with van der Waals surface area (Å²) >= 11 is 0. The van der Waals surface area contributed by atoms with Crippen LogP contribution in [0.1, 0.15) is 54.9 Å². The Kier molecular flexibility index (Phi) is 10.4. The molecule has 1 amide bonds. The lowest BCUT2D eigenvalue weighted by Crippen LogP contribution is -2.50. The molecule has 0 atom stereocenters. The van der Waals surface area contributed by atoms with E-state index in [9.17, 15) is 31.2 Å². The molecule has 10 nitrogen and oxygen atoms in total. The molecular formula is C36H40F3N3O7S. The minimum Gasteiger partial charge on any atom is -0.460 e. The van der Waals surface area contributed by atoms with Gasteiger partial charge < -0.3 is 23.7 Å². The summed E-state index contributed by atoms with van der Waals surface area (Å²) in [4.78, 5) is 27.8. The number of anilines is 2. The summed E-state index contributed by atoms with van der Waals surface area (Å²) < 4.78 is 90.0. The number of esters is 1. The van der Waals surface area contributed by atoms with Gasteiger partial charge in [-0.25, -0.2) is 18.0 Å². The van der Waals surface area contributed by atoms with Crippen LogP contribution in [-0.4, -0.2) is 70.3 Å². The van der Waals surface area contributed by atoms with Crippen LogP contribution in [0.25, 0.3) is 11.0 Å². The van der Waals surface area contributed by atoms with Gasteiger partial charge in [0.25, 0.3) is 10.0 Å². The van der Waals surface area contributed by atoms with E-state index in [-0.39, 0.29) is 73.4 Å². The van der Waals surface area contributed by atoms with Gasteiger partial charge in [-0.2, -0.15) is 13.2 Å². The number of hydrogen-bond acceptors (Lipinski definition) is 8. The molecule has 0 saturated carbocycles. The molecule has 0 radical (unpaired) electrons. The largest absolute Gasteiger partial charge is 0.460 e. The van der Waals surface area contributed by atoms with E-state index in [0.29, 0.717) is 10.9 Å². The Morgan fingerprint density at radius 1 is 0.940 bits per heavy atom. The molecule has 0 spiro atoms. The molecule has 2 heterocycles. The first-order valence-corrected chi connectivity index (χ1v) is 17.6. The molecule has 0 bridgehead atoms. The smallest absolute Gasteiger partial charge is 0.418 e. The van der Waals surface area contributed by atoms with Gasteiger partial charge in [0.15, 0.2) is 0 Å². The van der Waals surface area contributed by atoms with Gasteiger partial charge in [0.1, 0.15) is 11.2 Å². The Balaban J connectivity index is 1.51. The highest BCUT2D eigenvalue weighted by molar-refractivity contribution is 7.92. The summed E-state index contributed by atoms with van der Waals surface area (Å²) in [5, 5.41) is 0.356. The highest BCUT2D eigenvalue weighted by Crippen LogP contribution is 2.41. The Morgan fingerprint density at radius 3 is 2.24 bits per heavy atom. The zero-order valence-electron chi connectivity index (χ0n) is 28.5. The van der Waals surface area contributed by atoms with Crippen LogP contribution >= 0.6 is 0 Å². The van der Waals surface area contributed by atoms with Gasteiger partial charge in [0.2, 0.25) is 5.76 Å². The molecule has 268 valence electrons. The average Bonchev–Trinajstić information content (AvgIpc) is 3.40. The van der Waals surface area contributed by atoms with Crippen molar-refractivity contribution in [3.05, 3.63) is 89.2 Å². The summed E-state index contributed by atoms with van der Waals surface area (Å²) in [6.07, 6.45) is -5.14. The molecule has 1 aliphatic heterocycles. The first kappa shape index (κ1) is 36.6. The normalized spacial score (nSPS) is 14.2. The summed E-state index contributed by atoms with van der Waals surface area (Å²) in [5.74, 6) is -0.754. The molecule has 1 aromatic heterocycles. The second-order valence-electron chi connectivity index (χ2n) is 12.9. The number of carbonyl (C=O) groups is 2. The Hall–Kier alpha value is -4.72. The third-order valence-corrected chi connectivity index (χ3v) is 10.1. The fourth-order valence-electron chi connectivity index (χ4n) is 5.78. The van der Waals surface area contributed by atoms with Crippen LogP contribution in [0.2, 0.25) is 0 Å². The van der Waals surface area contributed by atoms with Crippen molar-refractivity contribution in [2.75, 3.05) is 48.5 Å². The predicted molar refractivity (Wildman–Crippen MR) is 183 cm³/mol. The maximum atomic E-state index is 14.7. The number of benzene rings is 3. The van der Waals surface area contributed by atoms with Crippen molar-refractivity contribution in [1.82, 2.24) is 4.90 Å². The second kappa shape index (κ2) is 14.3. The number of aryl methyl sites for hydroxylation is 1. The Morgan fingerprint density at radius 2 is 1.62 bits per heavy atom. The molecule has 1 saturated heterocycles. The number of rotatable bonds is 9. The quantitative estimate of drug-likeness (QED) is 0.165. The monoisotopic (exact) mass is 715 g/mol. The lowest BCUT2D eigenvalue weighted by atomic mass is 10.1. The third kappa shape index (κ3) is 8.01. The van der Waals surface area contributed by atoms with Gasteiger partial charge in [-0.1, -0.05) is 30.3 Å². The van der Waals surface area contributed by atoms with E-state index in [1.54, 1.807) is 46.8 Å². The van der Waals surface area contributed by atoms with Crippen LogP contribution in [0.5, 0.6) is 0 Å². The molecular weight excluding hydrogens is 675 g/mol. The topological polar surface area (TPSA) is 110 Å². The fourth-order valence-corrected chi connectivity index (χ4v) is 7.26. The number of fused-ring (bicyclic) bond motifs is 1. The number of carbonyl (C=O) groups excluding carboxylic acids is 2. The molecule has 1 fully saturated rings. The van der Waals surface area contributed by atoms with Crippen LogP contribution in [0, 0.1) is 6.92 Å². The van der Waals surface area contributed by atoms with Gasteiger partial charge in [-0.05, 0) is 83.0 Å². The molecule has 5 rings (SSSR count). The van der Waals surface area contributed by atoms with E-state index in [2.05, 4.69) is 0 Å². The van der Waals surface area contributed by atoms with Gasteiger partial charge >= 0.3 is 18.2 Å². The zero-order chi connectivity index (χ0) is 36.4. The molecule has 14 heteroatoms. The minimum absolute atomic E-state index is 0.0605. The van der Waals surface area contributed by atoms with Gasteiger partial charge in [0.05, 0.1) is 22.8 Å². The Bertz CT molecular complexity index is 1960. The van der Waals surface area contributed by atoms with Gasteiger partial charge in [-0.3, -0.25) is 4.31 Å². The number of alkyl halides is 3. The molecule has 50 heavy (non-hydrogen) atoms. The van der Waals surface area contributed by atoms with E-state index in [1.165, 1.54) is 40.1 Å². The number of halogens is 3. The van der Waals surface area contributed by atoms with E-state index in [0.717, 1.165) is 15.9 Å². The number of amides is 1. The highest BCUT2D eigenvalue weighted by atomic mass is 32.2. The SMILES string of the molecule is CCOC(=O)c1oc2ccc(S(=O)(=O)N(CCc3ccccc3)c3ccc(N4CCN(C(=O)OC(C)(C)C)CC4)c(C(F)(F)F)c3)cc2c1C. The van der Waals surface area contributed by atoms with Crippen molar-refractivity contribution in [2.24, 2.45) is 0 Å². The minimum atomic E-state index is -4.82. The van der Waals surface area contributed by atoms with Crippen molar-refractivity contribution < 1.29 is 45.1 Å². The summed E-state index contributed by atoms with van der Waals surface area (Å²) in [6, 6.07) is 16.6. The molecule has 0 aliphatic carbocycles. The van der Waals surface area contributed by atoms with Crippen molar-refractivity contribution in [1.29, 1.82) is 0 Å². The van der Waals surface area contributed by atoms with Crippen LogP contribution in [0.15, 0.2) is 76.0 Å². The van der Waals surface area contributed by atoms with Gasteiger partial charge in [-0.15, -0.1) is 0 Å². The summed E-state index contributed by atoms with van der Waals surface area (Å²) in [7, 11) is -4.45. The van der Waals surface area contributed by atoms with Crippen LogP contribution in [0.4, 0.5) is 29.3 Å². The lowest BCUT2D eigenvalue weighted by molar-refractivity contribution is -0.137. The predicted octanol–water partition coefficient (Wildman–Crippen LogP) is 7.43. The van der Waals surface area contributed by atoms with Crippen molar-refractivity contribution in [3.63, 3.8) is 0 Å². The number of hydrogen-bond donors (Lipinski definition) is 0. The van der Waals surface area contributed by atoms with Crippen molar-refractivity contribution in [3.8, 4) is 0 Å². The molecule has 1 aliphatic rings. The average molecular weight is 716 g/mol. The van der Waals surface area contributed by atoms with Gasteiger partial charge in [0, 0.05) is 49.4 Å². The molecule has 0 N–H and O–H groups in total. The fraction of sp³-hybridized carbons (Fsp3) is 0.389. The van der Waals surface area contributed by atoms with E-state index >= 15 is 0 Å². The molecule has 4 aromatic rings. The summed E-state index contributed by atoms with van der Waals surface area (Å²) in [6.45, 7) is 8.96. The molecule has 0 unspecified atom stereocenters. The number of piperazine rings is 1. The number of nitrogens with zero attached hydrogens (tertiary/aromatic N) is 3. The van der Waals surface area contributed by atoms with E-state index in [1.807, 2.05) is 18.2 Å². The zero-order valence-corrected chi connectivity index (χ0v) is 29.4. The standard InChI is InChI=1S/C36H40F3N3O7S/c1-6-47-33(43)32-24(2)28-23-27(13-15-31(28)48-32)50(45,46)42(17-16-25-10-8-7-9-11-25)26-12-14-30(29(22-26)36(37,38)39)40-18-20-41(21-19-40)34(44)49-35(3,4)5/h7-15,22-23H,6,16-21H2,1-5H3. The highest BCUT2D eigenvalue weighted by Gasteiger charge is 2.38. The summed E-state index contributed by atoms with van der Waals surface area (Å²) in [5.41, 5.74) is -0.565. The van der Waals surface area contributed by atoms with Crippen LogP contribution < -0.4 is 9.21 Å². The number of sulfonamides is 1. The maximum Gasteiger partial charge on any atom is 0.418 e. The molecule has 3 aromatic carbocycles. The van der Waals surface area contributed by atoms with Crippen LogP contribution in [0.3, 0.4) is 0 Å². The maximum absolute atomic E-state index is 14.7. The third-order valence-electron chi connectivity index (χ3n) is 8.25. The Labute approximate surface area is 289 Å². The van der Waals surface area contributed by atoms with E-state index in [4.69, 9.17) is 13.9 Å². The number of furan rings is 1. The second-order valence-corrected chi connectivity index (χ2v) is 14.8. The number of ether oxygens (including phenoxy) is 2. The first-order valence-electron chi connectivity index (χ1n) is 16.2.